The summed E-state index contributed by atoms with van der Waals surface area (Å²) in [5, 5.41) is 10.7. The van der Waals surface area contributed by atoms with Gasteiger partial charge in [0.2, 0.25) is 10.0 Å². The highest BCUT2D eigenvalue weighted by Gasteiger charge is 2.38. The van der Waals surface area contributed by atoms with Crippen LogP contribution < -0.4 is 5.14 Å². The lowest BCUT2D eigenvalue weighted by Gasteiger charge is -2.18. The third-order valence-electron chi connectivity index (χ3n) is 3.54. The molecule has 0 atom stereocenters. The molecule has 1 aromatic carbocycles. The third kappa shape index (κ3) is 3.32. The lowest BCUT2D eigenvalue weighted by Crippen LogP contribution is -2.20. The molecule has 0 saturated carbocycles. The second kappa shape index (κ2) is 5.97. The third-order valence-corrected chi connectivity index (χ3v) is 5.53. The first kappa shape index (κ1) is 17.6. The van der Waals surface area contributed by atoms with E-state index in [-0.39, 0.29) is 5.56 Å². The molecule has 132 valence electrons. The second-order valence-electron chi connectivity index (χ2n) is 5.30. The van der Waals surface area contributed by atoms with Gasteiger partial charge in [0, 0.05) is 17.3 Å². The Morgan fingerprint density at radius 2 is 2.00 bits per heavy atom. The Hall–Kier alpha value is -2.17. The number of alkyl halides is 3. The second-order valence-corrected chi connectivity index (χ2v) is 7.74. The maximum atomic E-state index is 13.7. The molecule has 0 spiro atoms. The van der Waals surface area contributed by atoms with Crippen molar-refractivity contribution >= 4 is 21.4 Å². The van der Waals surface area contributed by atoms with Gasteiger partial charge < -0.3 is 0 Å². The minimum atomic E-state index is -4.79. The number of hydrogen-bond donors (Lipinski definition) is 1. The van der Waals surface area contributed by atoms with Gasteiger partial charge >= 0.3 is 6.18 Å². The number of rotatable bonds is 3. The van der Waals surface area contributed by atoms with Crippen molar-refractivity contribution in [2.24, 2.45) is 5.14 Å². The summed E-state index contributed by atoms with van der Waals surface area (Å²) in [5.41, 5.74) is -0.853. The molecule has 0 bridgehead atoms. The number of hydrogen-bond acceptors (Lipinski definition) is 4. The van der Waals surface area contributed by atoms with Crippen molar-refractivity contribution in [1.82, 2.24) is 9.78 Å². The van der Waals surface area contributed by atoms with Gasteiger partial charge in [-0.05, 0) is 47.7 Å². The van der Waals surface area contributed by atoms with E-state index in [1.165, 1.54) is 29.8 Å². The minimum absolute atomic E-state index is 0.139. The highest BCUT2D eigenvalue weighted by atomic mass is 32.2. The lowest BCUT2D eigenvalue weighted by atomic mass is 10.0. The predicted octanol–water partition coefficient (Wildman–Crippen LogP) is 3.58. The van der Waals surface area contributed by atoms with Crippen LogP contribution in [0.2, 0.25) is 0 Å². The van der Waals surface area contributed by atoms with Crippen LogP contribution in [-0.2, 0) is 16.2 Å². The molecule has 3 aromatic rings. The number of thiophene rings is 1. The standard InChI is InChI=1S/C15H12F3N3O2S2/c1-9-3-6-24-14(9)10-7-11(15(16,17)18)13(21-5-2-4-20-21)12(8-10)25(19,22)23/h2-8H,1H3,(H2,19,22,23). The van der Waals surface area contributed by atoms with Gasteiger partial charge in [-0.25, -0.2) is 18.2 Å². The molecule has 0 amide bonds. The van der Waals surface area contributed by atoms with Crippen molar-refractivity contribution in [3.05, 3.63) is 53.2 Å². The first-order valence-corrected chi connectivity index (χ1v) is 9.34. The molecular weight excluding hydrogens is 375 g/mol. The van der Waals surface area contributed by atoms with Crippen molar-refractivity contribution < 1.29 is 21.6 Å². The molecule has 0 aliphatic carbocycles. The van der Waals surface area contributed by atoms with Crippen LogP contribution in [0.5, 0.6) is 0 Å². The van der Waals surface area contributed by atoms with E-state index in [1.807, 2.05) is 0 Å². The summed E-state index contributed by atoms with van der Waals surface area (Å²) in [6.45, 7) is 1.73. The quantitative estimate of drug-likeness (QED) is 0.746. The first-order chi connectivity index (χ1) is 11.6. The molecule has 10 heteroatoms. The molecule has 2 aromatic heterocycles. The van der Waals surface area contributed by atoms with Crippen molar-refractivity contribution in [3.63, 3.8) is 0 Å². The van der Waals surface area contributed by atoms with E-state index in [0.717, 1.165) is 22.4 Å². The predicted molar refractivity (Wildman–Crippen MR) is 88.0 cm³/mol. The number of sulfonamides is 1. The largest absolute Gasteiger partial charge is 0.418 e. The highest BCUT2D eigenvalue weighted by molar-refractivity contribution is 7.89. The van der Waals surface area contributed by atoms with Crippen molar-refractivity contribution in [2.45, 2.75) is 18.0 Å². The summed E-state index contributed by atoms with van der Waals surface area (Å²) in [6.07, 6.45) is -2.30. The summed E-state index contributed by atoms with van der Waals surface area (Å²) in [7, 11) is -4.42. The normalized spacial score (nSPS) is 12.5. The van der Waals surface area contributed by atoms with Gasteiger partial charge in [0.15, 0.2) is 0 Å². The van der Waals surface area contributed by atoms with Crippen LogP contribution in [0.4, 0.5) is 13.2 Å². The van der Waals surface area contributed by atoms with Gasteiger partial charge in [-0.1, -0.05) is 0 Å². The Labute approximate surface area is 145 Å². The Balaban J connectivity index is 2.44. The lowest BCUT2D eigenvalue weighted by molar-refractivity contribution is -0.137. The molecule has 0 aliphatic rings. The van der Waals surface area contributed by atoms with E-state index in [4.69, 9.17) is 5.14 Å². The van der Waals surface area contributed by atoms with Crippen LogP contribution in [-0.4, -0.2) is 18.2 Å². The molecule has 0 radical (unpaired) electrons. The number of nitrogens with two attached hydrogens (primary N) is 1. The van der Waals surface area contributed by atoms with Gasteiger partial charge in [-0.2, -0.15) is 18.3 Å². The van der Waals surface area contributed by atoms with E-state index >= 15 is 0 Å². The van der Waals surface area contributed by atoms with Gasteiger partial charge in [0.1, 0.15) is 4.90 Å². The van der Waals surface area contributed by atoms with E-state index in [2.05, 4.69) is 5.10 Å². The molecule has 3 rings (SSSR count). The zero-order valence-electron chi connectivity index (χ0n) is 12.8. The van der Waals surface area contributed by atoms with Crippen LogP contribution in [0.25, 0.3) is 16.1 Å². The fourth-order valence-corrected chi connectivity index (χ4v) is 4.16. The summed E-state index contributed by atoms with van der Waals surface area (Å²) in [6, 6.07) is 5.21. The summed E-state index contributed by atoms with van der Waals surface area (Å²) < 4.78 is 65.8. The van der Waals surface area contributed by atoms with Crippen LogP contribution >= 0.6 is 11.3 Å². The zero-order valence-corrected chi connectivity index (χ0v) is 14.4. The summed E-state index contributed by atoms with van der Waals surface area (Å²) in [4.78, 5) is -0.0868. The smallest absolute Gasteiger partial charge is 0.239 e. The number of aryl methyl sites for hydroxylation is 1. The van der Waals surface area contributed by atoms with Gasteiger partial charge in [-0.15, -0.1) is 11.3 Å². The van der Waals surface area contributed by atoms with Crippen molar-refractivity contribution in [3.8, 4) is 16.1 Å². The Bertz CT molecular complexity index is 1020. The van der Waals surface area contributed by atoms with Crippen molar-refractivity contribution in [2.75, 3.05) is 0 Å². The molecule has 25 heavy (non-hydrogen) atoms. The SMILES string of the molecule is Cc1ccsc1-c1cc(C(F)(F)F)c(-n2cccn2)c(S(N)(=O)=O)c1. The molecule has 2 heterocycles. The van der Waals surface area contributed by atoms with Gasteiger partial charge in [0.05, 0.1) is 11.3 Å². The monoisotopic (exact) mass is 387 g/mol. The first-order valence-electron chi connectivity index (χ1n) is 6.91. The van der Waals surface area contributed by atoms with Crippen LogP contribution in [0.1, 0.15) is 11.1 Å². The molecule has 0 saturated heterocycles. The molecular formula is C15H12F3N3O2S2. The molecule has 0 fully saturated rings. The topological polar surface area (TPSA) is 78.0 Å². The van der Waals surface area contributed by atoms with E-state index in [0.29, 0.717) is 4.88 Å². The molecule has 5 nitrogen and oxygen atoms in total. The fourth-order valence-electron chi connectivity index (χ4n) is 2.48. The van der Waals surface area contributed by atoms with E-state index in [9.17, 15) is 21.6 Å². The molecule has 2 N–H and O–H groups in total. The fraction of sp³-hybridized carbons (Fsp3) is 0.133. The Morgan fingerprint density at radius 1 is 1.28 bits per heavy atom. The molecule has 0 aliphatic heterocycles. The Kier molecular flexibility index (Phi) is 4.21. The highest BCUT2D eigenvalue weighted by Crippen LogP contribution is 2.41. The number of primary sulfonamides is 1. The Morgan fingerprint density at radius 3 is 2.48 bits per heavy atom. The summed E-state index contributed by atoms with van der Waals surface area (Å²) >= 11 is 1.22. The maximum Gasteiger partial charge on any atom is 0.418 e. The van der Waals surface area contributed by atoms with Crippen LogP contribution in [0.15, 0.2) is 46.9 Å². The summed E-state index contributed by atoms with van der Waals surface area (Å²) in [5.74, 6) is 0. The number of nitrogens with zero attached hydrogens (tertiary/aromatic N) is 2. The van der Waals surface area contributed by atoms with Gasteiger partial charge in [-0.3, -0.25) is 0 Å². The maximum absolute atomic E-state index is 13.7. The number of aromatic nitrogens is 2. The van der Waals surface area contributed by atoms with E-state index in [1.54, 1.807) is 18.4 Å². The van der Waals surface area contributed by atoms with Crippen molar-refractivity contribution in [1.29, 1.82) is 0 Å². The average Bonchev–Trinajstić information content (AvgIpc) is 3.15. The van der Waals surface area contributed by atoms with Crippen LogP contribution in [0, 0.1) is 6.92 Å². The zero-order chi connectivity index (χ0) is 18.4. The molecule has 0 unspecified atom stereocenters. The van der Waals surface area contributed by atoms with Gasteiger partial charge in [0.25, 0.3) is 0 Å². The van der Waals surface area contributed by atoms with Crippen LogP contribution in [0.3, 0.4) is 0 Å². The minimum Gasteiger partial charge on any atom is -0.239 e. The number of benzene rings is 1. The number of halogens is 3. The average molecular weight is 387 g/mol. The van der Waals surface area contributed by atoms with E-state index < -0.39 is 32.3 Å².